The fraction of sp³-hybridized carbons (Fsp3) is 0.0952. The number of hydrogen-bond acceptors (Lipinski definition) is 6. The molecule has 29 heavy (non-hydrogen) atoms. The zero-order valence-corrected chi connectivity index (χ0v) is 15.3. The number of H-pyrrole nitrogens is 1. The highest BCUT2D eigenvalue weighted by atomic mass is 19.1. The Balaban J connectivity index is 2.08. The highest BCUT2D eigenvalue weighted by molar-refractivity contribution is 5.80. The van der Waals surface area contributed by atoms with Crippen LogP contribution in [0.3, 0.4) is 0 Å². The van der Waals surface area contributed by atoms with E-state index in [-0.39, 0.29) is 34.9 Å². The molecule has 0 saturated heterocycles. The van der Waals surface area contributed by atoms with Gasteiger partial charge >= 0.3 is 0 Å². The van der Waals surface area contributed by atoms with Gasteiger partial charge in [-0.15, -0.1) is 0 Å². The average Bonchev–Trinajstić information content (AvgIpc) is 2.72. The number of methoxy groups -OCH3 is 1. The van der Waals surface area contributed by atoms with Crippen molar-refractivity contribution >= 4 is 5.82 Å². The molecular formula is C21H15FN4O3. The molecule has 0 aliphatic carbocycles. The van der Waals surface area contributed by atoms with E-state index in [1.807, 2.05) is 12.1 Å². The van der Waals surface area contributed by atoms with Crippen LogP contribution in [0.1, 0.15) is 16.7 Å². The molecule has 8 heteroatoms. The minimum atomic E-state index is -0.682. The van der Waals surface area contributed by atoms with Crippen LogP contribution in [0.4, 0.5) is 10.2 Å². The van der Waals surface area contributed by atoms with Crippen LogP contribution in [0.15, 0.2) is 47.3 Å². The molecule has 0 unspecified atom stereocenters. The van der Waals surface area contributed by atoms with Crippen LogP contribution in [0.2, 0.25) is 0 Å². The Morgan fingerprint density at radius 2 is 1.79 bits per heavy atom. The first kappa shape index (κ1) is 19.5. The second-order valence-electron chi connectivity index (χ2n) is 5.99. The van der Waals surface area contributed by atoms with E-state index >= 15 is 0 Å². The number of rotatable bonds is 5. The average molecular weight is 390 g/mol. The quantitative estimate of drug-likeness (QED) is 0.690. The number of nitrogens with one attached hydrogen (secondary N) is 1. The van der Waals surface area contributed by atoms with Crippen molar-refractivity contribution in [1.82, 2.24) is 4.98 Å². The summed E-state index contributed by atoms with van der Waals surface area (Å²) < 4.78 is 24.1. The molecule has 0 aliphatic rings. The Bertz CT molecular complexity index is 1200. The number of hydrogen-bond donors (Lipinski definition) is 2. The lowest BCUT2D eigenvalue weighted by Crippen LogP contribution is -2.16. The molecule has 144 valence electrons. The number of nitrogen functional groups attached to an aromatic ring is 1. The number of nitriles is 2. The van der Waals surface area contributed by atoms with Crippen molar-refractivity contribution in [1.29, 1.82) is 10.5 Å². The van der Waals surface area contributed by atoms with Gasteiger partial charge in [-0.1, -0.05) is 6.07 Å². The maximum Gasteiger partial charge on any atom is 0.268 e. The van der Waals surface area contributed by atoms with Crippen LogP contribution >= 0.6 is 0 Å². The normalized spacial score (nSPS) is 10.1. The topological polar surface area (TPSA) is 125 Å². The van der Waals surface area contributed by atoms with Gasteiger partial charge in [0.2, 0.25) is 0 Å². The van der Waals surface area contributed by atoms with E-state index in [1.54, 1.807) is 18.2 Å². The summed E-state index contributed by atoms with van der Waals surface area (Å²) in [5.41, 5.74) is 6.04. The zero-order chi connectivity index (χ0) is 21.0. The third-order valence-electron chi connectivity index (χ3n) is 4.25. The molecule has 3 rings (SSSR count). The molecule has 0 radical (unpaired) electrons. The van der Waals surface area contributed by atoms with Gasteiger partial charge in [-0.05, 0) is 42.0 Å². The van der Waals surface area contributed by atoms with Crippen LogP contribution in [-0.2, 0) is 6.61 Å². The first-order valence-corrected chi connectivity index (χ1v) is 8.40. The monoisotopic (exact) mass is 390 g/mol. The molecule has 0 amide bonds. The summed E-state index contributed by atoms with van der Waals surface area (Å²) in [4.78, 5) is 14.4. The first-order valence-electron chi connectivity index (χ1n) is 8.40. The molecule has 0 spiro atoms. The number of halogens is 1. The Hall–Kier alpha value is -4.30. The van der Waals surface area contributed by atoms with E-state index in [0.717, 1.165) is 0 Å². The summed E-state index contributed by atoms with van der Waals surface area (Å²) in [7, 11) is 1.49. The van der Waals surface area contributed by atoms with Crippen molar-refractivity contribution in [2.24, 2.45) is 0 Å². The number of aromatic nitrogens is 1. The van der Waals surface area contributed by atoms with Crippen LogP contribution in [0.25, 0.3) is 11.1 Å². The zero-order valence-electron chi connectivity index (χ0n) is 15.3. The number of pyridine rings is 1. The van der Waals surface area contributed by atoms with Crippen molar-refractivity contribution in [2.45, 2.75) is 6.61 Å². The fourth-order valence-corrected chi connectivity index (χ4v) is 2.87. The van der Waals surface area contributed by atoms with E-state index in [2.05, 4.69) is 4.98 Å². The Kier molecular flexibility index (Phi) is 5.47. The summed E-state index contributed by atoms with van der Waals surface area (Å²) in [6, 6.07) is 14.2. The summed E-state index contributed by atoms with van der Waals surface area (Å²) >= 11 is 0. The van der Waals surface area contributed by atoms with Crippen LogP contribution < -0.4 is 20.8 Å². The van der Waals surface area contributed by atoms with E-state index in [1.165, 1.54) is 31.4 Å². The van der Waals surface area contributed by atoms with Gasteiger partial charge in [-0.25, -0.2) is 4.39 Å². The molecule has 0 bridgehead atoms. The Morgan fingerprint density at radius 1 is 1.10 bits per heavy atom. The molecular weight excluding hydrogens is 375 g/mol. The van der Waals surface area contributed by atoms with E-state index in [4.69, 9.17) is 15.2 Å². The Morgan fingerprint density at radius 3 is 2.41 bits per heavy atom. The molecule has 0 saturated carbocycles. The lowest BCUT2D eigenvalue weighted by Gasteiger charge is -2.14. The minimum Gasteiger partial charge on any atom is -0.496 e. The smallest absolute Gasteiger partial charge is 0.268 e. The molecule has 2 aromatic carbocycles. The predicted molar refractivity (Wildman–Crippen MR) is 104 cm³/mol. The third-order valence-corrected chi connectivity index (χ3v) is 4.25. The maximum absolute atomic E-state index is 13.1. The van der Waals surface area contributed by atoms with Crippen molar-refractivity contribution in [3.8, 4) is 34.8 Å². The van der Waals surface area contributed by atoms with Gasteiger partial charge in [-0.3, -0.25) is 4.79 Å². The predicted octanol–water partition coefficient (Wildman–Crippen LogP) is 3.09. The number of nitrogens with two attached hydrogens (primary N) is 1. The van der Waals surface area contributed by atoms with Crippen molar-refractivity contribution in [3.63, 3.8) is 0 Å². The summed E-state index contributed by atoms with van der Waals surface area (Å²) in [6.45, 7) is 0.0745. The van der Waals surface area contributed by atoms with Gasteiger partial charge in [0, 0.05) is 11.1 Å². The number of aromatic amines is 1. The second kappa shape index (κ2) is 8.15. The highest BCUT2D eigenvalue weighted by Gasteiger charge is 2.19. The fourth-order valence-electron chi connectivity index (χ4n) is 2.87. The van der Waals surface area contributed by atoms with Gasteiger partial charge < -0.3 is 20.2 Å². The lowest BCUT2D eigenvalue weighted by molar-refractivity contribution is 0.296. The van der Waals surface area contributed by atoms with E-state index < -0.39 is 5.56 Å². The van der Waals surface area contributed by atoms with Crippen LogP contribution in [0.5, 0.6) is 11.5 Å². The van der Waals surface area contributed by atoms with Crippen molar-refractivity contribution in [3.05, 3.63) is 75.3 Å². The number of benzene rings is 2. The lowest BCUT2D eigenvalue weighted by atomic mass is 9.95. The molecule has 3 N–H and O–H groups in total. The van der Waals surface area contributed by atoms with Gasteiger partial charge in [0.05, 0.1) is 7.11 Å². The number of nitrogens with zero attached hydrogens (tertiary/aromatic N) is 2. The van der Waals surface area contributed by atoms with Gasteiger partial charge in [0.1, 0.15) is 53.0 Å². The molecule has 1 aromatic heterocycles. The van der Waals surface area contributed by atoms with Crippen molar-refractivity contribution in [2.75, 3.05) is 12.8 Å². The molecule has 3 aromatic rings. The summed E-state index contributed by atoms with van der Waals surface area (Å²) in [6.07, 6.45) is 0. The number of anilines is 1. The minimum absolute atomic E-state index is 0.00304. The van der Waals surface area contributed by atoms with E-state index in [0.29, 0.717) is 22.6 Å². The van der Waals surface area contributed by atoms with Crippen LogP contribution in [-0.4, -0.2) is 12.1 Å². The van der Waals surface area contributed by atoms with Crippen LogP contribution in [0, 0.1) is 28.5 Å². The molecule has 0 aliphatic heterocycles. The molecule has 1 heterocycles. The van der Waals surface area contributed by atoms with Gasteiger partial charge in [0.25, 0.3) is 5.56 Å². The SMILES string of the molecule is COc1ccc(-c2c(C#N)c(N)[nH]c(=O)c2C#N)cc1COc1ccc(F)cc1. The Labute approximate surface area is 165 Å². The second-order valence-corrected chi connectivity index (χ2v) is 5.99. The van der Waals surface area contributed by atoms with Gasteiger partial charge in [0.15, 0.2) is 0 Å². The van der Waals surface area contributed by atoms with Crippen molar-refractivity contribution < 1.29 is 13.9 Å². The standard InChI is InChI=1S/C21H15FN4O3/c1-28-18-7-2-12(8-13(18)11-29-15-5-3-14(22)4-6-15)19-16(9-23)20(25)26-21(27)17(19)10-24/h2-8H,11H2,1H3,(H3,25,26,27). The number of ether oxygens (including phenoxy) is 2. The third kappa shape index (κ3) is 3.87. The molecule has 7 nitrogen and oxygen atoms in total. The maximum atomic E-state index is 13.1. The largest absolute Gasteiger partial charge is 0.496 e. The molecule has 0 fully saturated rings. The summed E-state index contributed by atoms with van der Waals surface area (Å²) in [5, 5.41) is 18.9. The molecule has 0 atom stereocenters. The highest BCUT2D eigenvalue weighted by Crippen LogP contribution is 2.32. The van der Waals surface area contributed by atoms with E-state index in [9.17, 15) is 19.7 Å². The summed E-state index contributed by atoms with van der Waals surface area (Å²) in [5.74, 6) is 0.462. The first-order chi connectivity index (χ1) is 14.0. The van der Waals surface area contributed by atoms with Gasteiger partial charge in [-0.2, -0.15) is 10.5 Å².